The third-order valence-corrected chi connectivity index (χ3v) is 8.95. The van der Waals surface area contributed by atoms with Gasteiger partial charge in [0.15, 0.2) is 0 Å². The molecule has 0 radical (unpaired) electrons. The topological polar surface area (TPSA) is 34.1 Å². The monoisotopic (exact) mass is 316 g/mol. The lowest BCUT2D eigenvalue weighted by Gasteiger charge is -2.60. The van der Waals surface area contributed by atoms with E-state index < -0.39 is 0 Å². The van der Waals surface area contributed by atoms with Gasteiger partial charge in [0.05, 0.1) is 0 Å². The van der Waals surface area contributed by atoms with Gasteiger partial charge >= 0.3 is 0 Å². The standard InChI is InChI=1S/C21H32O2/c1-13(22)14-8-10-20(2)15(12-14)4-5-16-17-6-7-19(23)21(17,3)11-9-18(16)20/h14-18H,4-12H2,1-3H3/t14-,15-,16+,17-,18+,20-,21-/m1/s1. The molecule has 2 nitrogen and oxygen atoms in total. The first kappa shape index (κ1) is 15.8. The molecule has 0 bridgehead atoms. The first-order valence-electron chi connectivity index (χ1n) is 9.90. The van der Waals surface area contributed by atoms with Crippen LogP contribution in [-0.4, -0.2) is 11.6 Å². The maximum absolute atomic E-state index is 12.4. The second-order valence-corrected chi connectivity index (χ2v) is 9.66. The molecule has 0 spiro atoms. The van der Waals surface area contributed by atoms with Crippen molar-refractivity contribution in [2.75, 3.05) is 0 Å². The molecule has 128 valence electrons. The van der Waals surface area contributed by atoms with Crippen LogP contribution in [-0.2, 0) is 9.59 Å². The maximum Gasteiger partial charge on any atom is 0.139 e. The van der Waals surface area contributed by atoms with E-state index in [1.165, 1.54) is 25.7 Å². The summed E-state index contributed by atoms with van der Waals surface area (Å²) in [6.07, 6.45) is 10.4. The Balaban J connectivity index is 1.59. The zero-order valence-corrected chi connectivity index (χ0v) is 15.1. The molecule has 23 heavy (non-hydrogen) atoms. The maximum atomic E-state index is 12.4. The van der Waals surface area contributed by atoms with E-state index in [0.29, 0.717) is 28.8 Å². The van der Waals surface area contributed by atoms with Crippen LogP contribution in [0, 0.1) is 40.4 Å². The van der Waals surface area contributed by atoms with Crippen molar-refractivity contribution >= 4 is 11.6 Å². The quantitative estimate of drug-likeness (QED) is 0.696. The Morgan fingerprint density at radius 2 is 1.78 bits per heavy atom. The van der Waals surface area contributed by atoms with Crippen LogP contribution in [0.2, 0.25) is 0 Å². The van der Waals surface area contributed by atoms with Crippen molar-refractivity contribution in [3.8, 4) is 0 Å². The van der Waals surface area contributed by atoms with E-state index >= 15 is 0 Å². The summed E-state index contributed by atoms with van der Waals surface area (Å²) in [5, 5.41) is 0. The molecule has 0 aromatic carbocycles. The minimum Gasteiger partial charge on any atom is -0.300 e. The summed E-state index contributed by atoms with van der Waals surface area (Å²) in [5.74, 6) is 4.25. The molecule has 2 heteroatoms. The molecule has 4 aliphatic carbocycles. The number of ketones is 2. The van der Waals surface area contributed by atoms with E-state index in [4.69, 9.17) is 0 Å². The van der Waals surface area contributed by atoms with Gasteiger partial charge in [0.1, 0.15) is 11.6 Å². The molecule has 4 fully saturated rings. The normalized spacial score (nSPS) is 52.5. The molecule has 4 aliphatic rings. The molecule has 0 aromatic rings. The van der Waals surface area contributed by atoms with Crippen molar-refractivity contribution in [1.82, 2.24) is 0 Å². The van der Waals surface area contributed by atoms with Crippen LogP contribution < -0.4 is 0 Å². The summed E-state index contributed by atoms with van der Waals surface area (Å²) in [6.45, 7) is 6.59. The lowest BCUT2D eigenvalue weighted by Crippen LogP contribution is -2.53. The predicted molar refractivity (Wildman–Crippen MR) is 90.9 cm³/mol. The molecule has 0 amide bonds. The van der Waals surface area contributed by atoms with Crippen LogP contribution in [0.25, 0.3) is 0 Å². The summed E-state index contributed by atoms with van der Waals surface area (Å²) in [7, 11) is 0. The molecule has 0 aromatic heterocycles. The molecule has 0 N–H and O–H groups in total. The Labute approximate surface area is 140 Å². The number of rotatable bonds is 1. The number of carbonyl (C=O) groups is 2. The van der Waals surface area contributed by atoms with Crippen LogP contribution in [0.3, 0.4) is 0 Å². The van der Waals surface area contributed by atoms with Crippen molar-refractivity contribution in [2.24, 2.45) is 40.4 Å². The first-order valence-corrected chi connectivity index (χ1v) is 9.90. The average Bonchev–Trinajstić information content (AvgIpc) is 2.82. The lowest BCUT2D eigenvalue weighted by molar-refractivity contribution is -0.143. The smallest absolute Gasteiger partial charge is 0.139 e. The van der Waals surface area contributed by atoms with E-state index in [-0.39, 0.29) is 5.41 Å². The highest BCUT2D eigenvalue weighted by atomic mass is 16.1. The predicted octanol–water partition coefficient (Wildman–Crippen LogP) is 4.80. The van der Waals surface area contributed by atoms with Gasteiger partial charge in [-0.1, -0.05) is 13.8 Å². The molecule has 0 unspecified atom stereocenters. The van der Waals surface area contributed by atoms with Gasteiger partial charge in [-0.3, -0.25) is 9.59 Å². The van der Waals surface area contributed by atoms with Gasteiger partial charge in [-0.25, -0.2) is 0 Å². The van der Waals surface area contributed by atoms with Crippen molar-refractivity contribution in [3.63, 3.8) is 0 Å². The fourth-order valence-electron chi connectivity index (χ4n) is 7.40. The Bertz CT molecular complexity index is 538. The molecule has 4 rings (SSSR count). The average molecular weight is 316 g/mol. The minimum atomic E-state index is 0.000942. The second-order valence-electron chi connectivity index (χ2n) is 9.66. The molecule has 4 saturated carbocycles. The third kappa shape index (κ3) is 2.12. The number of fused-ring (bicyclic) bond motifs is 5. The van der Waals surface area contributed by atoms with E-state index in [9.17, 15) is 9.59 Å². The SMILES string of the molecule is CC(=O)[C@@H]1CC[C@]2(C)[C@H](CC[C@H]3[C@H]4CCC(=O)[C@]4(C)CC[C@@H]32)C1. The second kappa shape index (κ2) is 5.17. The van der Waals surface area contributed by atoms with Gasteiger partial charge in [-0.15, -0.1) is 0 Å². The molecular weight excluding hydrogens is 284 g/mol. The first-order chi connectivity index (χ1) is 10.9. The van der Waals surface area contributed by atoms with Gasteiger partial charge in [0.2, 0.25) is 0 Å². The Morgan fingerprint density at radius 1 is 1.00 bits per heavy atom. The van der Waals surface area contributed by atoms with Gasteiger partial charge in [-0.05, 0) is 87.4 Å². The number of carbonyl (C=O) groups excluding carboxylic acids is 2. The highest BCUT2D eigenvalue weighted by Gasteiger charge is 2.60. The summed E-state index contributed by atoms with van der Waals surface area (Å²) in [4.78, 5) is 24.3. The largest absolute Gasteiger partial charge is 0.300 e. The van der Waals surface area contributed by atoms with Gasteiger partial charge in [0.25, 0.3) is 0 Å². The minimum absolute atomic E-state index is 0.000942. The Hall–Kier alpha value is -0.660. The van der Waals surface area contributed by atoms with E-state index in [2.05, 4.69) is 13.8 Å². The van der Waals surface area contributed by atoms with Gasteiger partial charge < -0.3 is 0 Å². The summed E-state index contributed by atoms with van der Waals surface area (Å²) in [5.41, 5.74) is 0.433. The molecule has 7 atom stereocenters. The van der Waals surface area contributed by atoms with E-state index in [0.717, 1.165) is 49.9 Å². The van der Waals surface area contributed by atoms with Crippen LogP contribution in [0.15, 0.2) is 0 Å². The van der Waals surface area contributed by atoms with Gasteiger partial charge in [0, 0.05) is 17.8 Å². The summed E-state index contributed by atoms with van der Waals surface area (Å²) >= 11 is 0. The highest BCUT2D eigenvalue weighted by Crippen LogP contribution is 2.65. The van der Waals surface area contributed by atoms with Crippen molar-refractivity contribution in [3.05, 3.63) is 0 Å². The fourth-order valence-corrected chi connectivity index (χ4v) is 7.40. The molecule has 0 aliphatic heterocycles. The Kier molecular flexibility index (Phi) is 3.56. The fraction of sp³-hybridized carbons (Fsp3) is 0.905. The molecular formula is C21H32O2. The van der Waals surface area contributed by atoms with E-state index in [1.54, 1.807) is 6.92 Å². The van der Waals surface area contributed by atoms with Crippen LogP contribution in [0.1, 0.15) is 78.6 Å². The van der Waals surface area contributed by atoms with Crippen molar-refractivity contribution in [1.29, 1.82) is 0 Å². The Morgan fingerprint density at radius 3 is 2.52 bits per heavy atom. The van der Waals surface area contributed by atoms with Crippen LogP contribution >= 0.6 is 0 Å². The zero-order valence-electron chi connectivity index (χ0n) is 15.1. The lowest BCUT2D eigenvalue weighted by atomic mass is 9.44. The molecule has 0 saturated heterocycles. The summed E-state index contributed by atoms with van der Waals surface area (Å²) in [6, 6.07) is 0. The summed E-state index contributed by atoms with van der Waals surface area (Å²) < 4.78 is 0. The van der Waals surface area contributed by atoms with Crippen LogP contribution in [0.5, 0.6) is 0 Å². The number of hydrogen-bond donors (Lipinski definition) is 0. The number of hydrogen-bond acceptors (Lipinski definition) is 2. The zero-order chi connectivity index (χ0) is 16.4. The van der Waals surface area contributed by atoms with Crippen molar-refractivity contribution < 1.29 is 9.59 Å². The highest BCUT2D eigenvalue weighted by molar-refractivity contribution is 5.87. The van der Waals surface area contributed by atoms with E-state index in [1.807, 2.05) is 0 Å². The number of Topliss-reactive ketones (excluding diaryl/α,β-unsaturated/α-hetero) is 2. The van der Waals surface area contributed by atoms with Crippen LogP contribution in [0.4, 0.5) is 0 Å². The van der Waals surface area contributed by atoms with Gasteiger partial charge in [-0.2, -0.15) is 0 Å². The van der Waals surface area contributed by atoms with Crippen molar-refractivity contribution in [2.45, 2.75) is 78.6 Å². The third-order valence-electron chi connectivity index (χ3n) is 8.95. The molecule has 0 heterocycles.